The van der Waals surface area contributed by atoms with Gasteiger partial charge in [-0.2, -0.15) is 5.10 Å². The number of amides is 1. The van der Waals surface area contributed by atoms with E-state index in [-0.39, 0.29) is 11.7 Å². The highest BCUT2D eigenvalue weighted by molar-refractivity contribution is 9.10. The molecule has 1 aromatic heterocycles. The molecular formula is C24H20BrN5O2S. The van der Waals surface area contributed by atoms with Crippen LogP contribution >= 0.6 is 27.7 Å². The lowest BCUT2D eigenvalue weighted by Gasteiger charge is -2.10. The number of methoxy groups -OCH3 is 1. The molecule has 4 aromatic rings. The lowest BCUT2D eigenvalue weighted by molar-refractivity contribution is -0.118. The first kappa shape index (κ1) is 22.8. The van der Waals surface area contributed by atoms with Crippen molar-refractivity contribution in [2.24, 2.45) is 5.10 Å². The number of carbonyl (C=O) groups excluding carboxylic acids is 1. The summed E-state index contributed by atoms with van der Waals surface area (Å²) in [5, 5.41) is 13.4. The van der Waals surface area contributed by atoms with E-state index in [0.29, 0.717) is 11.0 Å². The Morgan fingerprint density at radius 1 is 1.09 bits per heavy atom. The van der Waals surface area contributed by atoms with Crippen molar-refractivity contribution >= 4 is 39.8 Å². The zero-order valence-electron chi connectivity index (χ0n) is 17.7. The molecule has 0 aliphatic rings. The summed E-state index contributed by atoms with van der Waals surface area (Å²) in [7, 11) is 1.60. The van der Waals surface area contributed by atoms with Crippen LogP contribution in [-0.4, -0.2) is 39.7 Å². The topological polar surface area (TPSA) is 81.4 Å². The minimum atomic E-state index is -0.243. The number of hydrogen-bond donors (Lipinski definition) is 1. The van der Waals surface area contributed by atoms with Crippen molar-refractivity contribution < 1.29 is 9.53 Å². The van der Waals surface area contributed by atoms with Gasteiger partial charge in [0, 0.05) is 11.3 Å². The average Bonchev–Trinajstić information content (AvgIpc) is 3.28. The molecule has 0 aliphatic carbocycles. The van der Waals surface area contributed by atoms with Gasteiger partial charge < -0.3 is 4.74 Å². The molecule has 7 nitrogen and oxygen atoms in total. The number of thioether (sulfide) groups is 1. The number of rotatable bonds is 8. The zero-order valence-corrected chi connectivity index (χ0v) is 20.1. The molecule has 1 amide bonds. The van der Waals surface area contributed by atoms with Crippen molar-refractivity contribution in [2.75, 3.05) is 12.9 Å². The molecule has 33 heavy (non-hydrogen) atoms. The van der Waals surface area contributed by atoms with Gasteiger partial charge in [0.05, 0.1) is 23.5 Å². The third-order valence-corrected chi connectivity index (χ3v) is 6.14. The first-order valence-corrected chi connectivity index (χ1v) is 11.8. The molecule has 0 atom stereocenters. The summed E-state index contributed by atoms with van der Waals surface area (Å²) >= 11 is 4.73. The van der Waals surface area contributed by atoms with Crippen LogP contribution in [0.3, 0.4) is 0 Å². The van der Waals surface area contributed by atoms with E-state index in [1.807, 2.05) is 83.4 Å². The Kier molecular flexibility index (Phi) is 7.54. The van der Waals surface area contributed by atoms with Crippen LogP contribution in [-0.2, 0) is 4.79 Å². The molecule has 0 aliphatic heterocycles. The molecule has 4 rings (SSSR count). The Labute approximate surface area is 204 Å². The van der Waals surface area contributed by atoms with Gasteiger partial charge in [0.15, 0.2) is 11.0 Å². The number of halogens is 1. The second-order valence-corrected chi connectivity index (χ2v) is 8.62. The van der Waals surface area contributed by atoms with E-state index in [0.717, 1.165) is 27.0 Å². The summed E-state index contributed by atoms with van der Waals surface area (Å²) in [4.78, 5) is 12.4. The summed E-state index contributed by atoms with van der Waals surface area (Å²) in [5.74, 6) is 1.34. The third kappa shape index (κ3) is 5.68. The average molecular weight is 522 g/mol. The predicted octanol–water partition coefficient (Wildman–Crippen LogP) is 4.95. The fraction of sp³-hybridized carbons (Fsp3) is 0.0833. The largest absolute Gasteiger partial charge is 0.496 e. The molecule has 9 heteroatoms. The quantitative estimate of drug-likeness (QED) is 0.201. The van der Waals surface area contributed by atoms with Crippen molar-refractivity contribution in [2.45, 2.75) is 5.16 Å². The van der Waals surface area contributed by atoms with Gasteiger partial charge in [-0.05, 0) is 51.8 Å². The van der Waals surface area contributed by atoms with Crippen LogP contribution in [0.25, 0.3) is 17.1 Å². The van der Waals surface area contributed by atoms with Crippen LogP contribution in [0, 0.1) is 0 Å². The highest BCUT2D eigenvalue weighted by Gasteiger charge is 2.17. The normalized spacial score (nSPS) is 11.0. The van der Waals surface area contributed by atoms with E-state index < -0.39 is 0 Å². The van der Waals surface area contributed by atoms with Gasteiger partial charge in [0.25, 0.3) is 5.91 Å². The van der Waals surface area contributed by atoms with E-state index in [9.17, 15) is 4.79 Å². The van der Waals surface area contributed by atoms with Crippen LogP contribution in [0.2, 0.25) is 0 Å². The fourth-order valence-corrected chi connectivity index (χ4v) is 4.35. The summed E-state index contributed by atoms with van der Waals surface area (Å²) in [6, 6.07) is 25.2. The number of hydrogen-bond acceptors (Lipinski definition) is 6. The Bertz CT molecular complexity index is 1260. The number of para-hydroxylation sites is 1. The van der Waals surface area contributed by atoms with Crippen LogP contribution < -0.4 is 10.2 Å². The van der Waals surface area contributed by atoms with Crippen molar-refractivity contribution in [1.29, 1.82) is 0 Å². The van der Waals surface area contributed by atoms with E-state index in [4.69, 9.17) is 4.74 Å². The summed E-state index contributed by atoms with van der Waals surface area (Å²) in [6.07, 6.45) is 1.58. The maximum atomic E-state index is 12.4. The minimum Gasteiger partial charge on any atom is -0.496 e. The van der Waals surface area contributed by atoms with Gasteiger partial charge in [0.2, 0.25) is 0 Å². The molecule has 0 unspecified atom stereocenters. The Hall–Kier alpha value is -3.43. The number of nitrogens with zero attached hydrogens (tertiary/aromatic N) is 4. The van der Waals surface area contributed by atoms with Gasteiger partial charge in [-0.3, -0.25) is 9.36 Å². The molecule has 1 heterocycles. The number of hydrazone groups is 1. The van der Waals surface area contributed by atoms with Crippen LogP contribution in [0.1, 0.15) is 5.56 Å². The molecule has 0 spiro atoms. The third-order valence-electron chi connectivity index (χ3n) is 4.59. The first-order valence-electron chi connectivity index (χ1n) is 10.00. The number of benzene rings is 3. The Morgan fingerprint density at radius 3 is 2.52 bits per heavy atom. The lowest BCUT2D eigenvalue weighted by atomic mass is 10.2. The van der Waals surface area contributed by atoms with E-state index in [1.54, 1.807) is 13.3 Å². The van der Waals surface area contributed by atoms with Gasteiger partial charge in [-0.1, -0.05) is 60.3 Å². The van der Waals surface area contributed by atoms with E-state index in [2.05, 4.69) is 36.7 Å². The van der Waals surface area contributed by atoms with Crippen LogP contribution in [0.4, 0.5) is 0 Å². The molecule has 166 valence electrons. The summed E-state index contributed by atoms with van der Waals surface area (Å²) in [5.41, 5.74) is 5.25. The zero-order chi connectivity index (χ0) is 23.0. The Morgan fingerprint density at radius 2 is 1.82 bits per heavy atom. The summed E-state index contributed by atoms with van der Waals surface area (Å²) in [6.45, 7) is 0. The first-order chi connectivity index (χ1) is 16.2. The molecule has 0 saturated carbocycles. The summed E-state index contributed by atoms with van der Waals surface area (Å²) < 4.78 is 7.97. The SMILES string of the molecule is COc1ccc(/C=N/NC(=O)CSc2nnc(-c3ccccc3)n2-c2ccccc2)cc1Br. The van der Waals surface area contributed by atoms with Gasteiger partial charge in [-0.15, -0.1) is 10.2 Å². The van der Waals surface area contributed by atoms with Crippen molar-refractivity contribution in [3.8, 4) is 22.8 Å². The number of carbonyl (C=O) groups is 1. The fourth-order valence-electron chi connectivity index (χ4n) is 3.05. The van der Waals surface area contributed by atoms with Crippen molar-refractivity contribution in [3.05, 3.63) is 88.9 Å². The standard InChI is InChI=1S/C24H20BrN5O2S/c1-32-21-13-12-17(14-20(21)25)15-26-27-22(31)16-33-24-29-28-23(18-8-4-2-5-9-18)30(24)19-10-6-3-7-11-19/h2-15H,16H2,1H3,(H,27,31)/b26-15+. The van der Waals surface area contributed by atoms with E-state index in [1.165, 1.54) is 11.8 Å². The highest BCUT2D eigenvalue weighted by Crippen LogP contribution is 2.28. The van der Waals surface area contributed by atoms with Crippen LogP contribution in [0.15, 0.2) is 93.6 Å². The molecule has 0 bridgehead atoms. The molecule has 3 aromatic carbocycles. The minimum absolute atomic E-state index is 0.142. The molecule has 1 N–H and O–H groups in total. The molecule has 0 saturated heterocycles. The number of aromatic nitrogens is 3. The van der Waals surface area contributed by atoms with Crippen molar-refractivity contribution in [1.82, 2.24) is 20.2 Å². The maximum Gasteiger partial charge on any atom is 0.250 e. The molecule has 0 radical (unpaired) electrons. The Balaban J connectivity index is 1.45. The van der Waals surface area contributed by atoms with Crippen molar-refractivity contribution in [3.63, 3.8) is 0 Å². The second kappa shape index (κ2) is 10.9. The molecule has 0 fully saturated rings. The second-order valence-electron chi connectivity index (χ2n) is 6.82. The molecular weight excluding hydrogens is 502 g/mol. The number of ether oxygens (including phenoxy) is 1. The monoisotopic (exact) mass is 521 g/mol. The maximum absolute atomic E-state index is 12.4. The smallest absolute Gasteiger partial charge is 0.250 e. The van der Waals surface area contributed by atoms with E-state index >= 15 is 0 Å². The van der Waals surface area contributed by atoms with Gasteiger partial charge in [-0.25, -0.2) is 5.43 Å². The van der Waals surface area contributed by atoms with Gasteiger partial charge >= 0.3 is 0 Å². The highest BCUT2D eigenvalue weighted by atomic mass is 79.9. The number of nitrogens with one attached hydrogen (secondary N) is 1. The lowest BCUT2D eigenvalue weighted by Crippen LogP contribution is -2.20. The van der Waals surface area contributed by atoms with Crippen LogP contribution in [0.5, 0.6) is 5.75 Å². The van der Waals surface area contributed by atoms with Gasteiger partial charge in [0.1, 0.15) is 5.75 Å². The predicted molar refractivity (Wildman–Crippen MR) is 134 cm³/mol.